The zero-order valence-electron chi connectivity index (χ0n) is 15.2. The van der Waals surface area contributed by atoms with Crippen molar-refractivity contribution >= 4 is 14.2 Å². The summed E-state index contributed by atoms with van der Waals surface area (Å²) >= 11 is 0. The lowest BCUT2D eigenvalue weighted by Gasteiger charge is -2.45. The first-order valence-corrected chi connectivity index (χ1v) is 11.1. The highest BCUT2D eigenvalue weighted by molar-refractivity contribution is 6.74. The van der Waals surface area contributed by atoms with Crippen LogP contribution in [0.4, 0.5) is 0 Å². The fourth-order valence-electron chi connectivity index (χ4n) is 2.47. The maximum Gasteiger partial charge on any atom is 0.216 e. The van der Waals surface area contributed by atoms with E-state index in [1.165, 1.54) is 6.92 Å². The summed E-state index contributed by atoms with van der Waals surface area (Å²) in [5.41, 5.74) is 0. The van der Waals surface area contributed by atoms with Crippen LogP contribution in [0.25, 0.3) is 0 Å². The summed E-state index contributed by atoms with van der Waals surface area (Å²) in [5, 5.41) is 3.02. The Kier molecular flexibility index (Phi) is 6.42. The van der Waals surface area contributed by atoms with Gasteiger partial charge in [-0.25, -0.2) is 0 Å². The highest BCUT2D eigenvalue weighted by Gasteiger charge is 2.43. The van der Waals surface area contributed by atoms with Crippen molar-refractivity contribution in [1.82, 2.24) is 5.32 Å². The van der Waals surface area contributed by atoms with E-state index in [0.29, 0.717) is 12.5 Å². The molecule has 0 aromatic heterocycles. The van der Waals surface area contributed by atoms with Crippen molar-refractivity contribution in [3.63, 3.8) is 0 Å². The number of carbonyl (C=O) groups excluding carboxylic acids is 1. The monoisotopic (exact) mass is 327 g/mol. The summed E-state index contributed by atoms with van der Waals surface area (Å²) in [6.07, 6.45) is 2.73. The number of ether oxygens (including phenoxy) is 1. The second-order valence-electron chi connectivity index (χ2n) is 7.94. The number of amides is 1. The van der Waals surface area contributed by atoms with Gasteiger partial charge in [0, 0.05) is 13.5 Å². The van der Waals surface area contributed by atoms with Gasteiger partial charge >= 0.3 is 0 Å². The fraction of sp³-hybridized carbons (Fsp3) is 0.824. The summed E-state index contributed by atoms with van der Waals surface area (Å²) in [5.74, 6) is 0.337. The molecule has 5 heteroatoms. The first kappa shape index (κ1) is 19.4. The molecule has 0 radical (unpaired) electrons. The van der Waals surface area contributed by atoms with Gasteiger partial charge in [0.25, 0.3) is 0 Å². The minimum atomic E-state index is -1.87. The van der Waals surface area contributed by atoms with Crippen molar-refractivity contribution in [2.24, 2.45) is 5.92 Å². The van der Waals surface area contributed by atoms with Gasteiger partial charge in [0.15, 0.2) is 8.32 Å². The van der Waals surface area contributed by atoms with Crippen molar-refractivity contribution in [1.29, 1.82) is 0 Å². The molecular weight excluding hydrogens is 294 g/mol. The number of hydrogen-bond acceptors (Lipinski definition) is 3. The van der Waals surface area contributed by atoms with Gasteiger partial charge in [0.05, 0.1) is 12.2 Å². The zero-order valence-corrected chi connectivity index (χ0v) is 16.2. The Balaban J connectivity index is 2.86. The Labute approximate surface area is 136 Å². The van der Waals surface area contributed by atoms with Crippen molar-refractivity contribution in [3.05, 3.63) is 12.7 Å². The van der Waals surface area contributed by atoms with Gasteiger partial charge in [-0.3, -0.25) is 4.79 Å². The van der Waals surface area contributed by atoms with Gasteiger partial charge < -0.3 is 14.5 Å². The SMILES string of the molecule is C=C[C@@H]1O[C@H](CNC(C)=O)[C@@H](O[Si](C)(C)C(C)(C)C)C[C@@H]1C. The van der Waals surface area contributed by atoms with Crippen LogP contribution in [0.3, 0.4) is 0 Å². The van der Waals surface area contributed by atoms with E-state index in [-0.39, 0.29) is 29.3 Å². The predicted molar refractivity (Wildman–Crippen MR) is 93.4 cm³/mol. The third kappa shape index (κ3) is 4.93. The van der Waals surface area contributed by atoms with Gasteiger partial charge in [0.1, 0.15) is 6.10 Å². The van der Waals surface area contributed by atoms with Crippen LogP contribution in [-0.4, -0.2) is 39.1 Å². The van der Waals surface area contributed by atoms with Crippen molar-refractivity contribution in [3.8, 4) is 0 Å². The van der Waals surface area contributed by atoms with E-state index >= 15 is 0 Å². The van der Waals surface area contributed by atoms with Crippen LogP contribution >= 0.6 is 0 Å². The van der Waals surface area contributed by atoms with Gasteiger partial charge in [-0.1, -0.05) is 33.8 Å². The van der Waals surface area contributed by atoms with Gasteiger partial charge in [0.2, 0.25) is 5.91 Å². The van der Waals surface area contributed by atoms with Gasteiger partial charge in [-0.05, 0) is 30.5 Å². The summed E-state index contributed by atoms with van der Waals surface area (Å²) < 4.78 is 12.7. The maximum atomic E-state index is 11.2. The number of carbonyl (C=O) groups is 1. The molecule has 1 rings (SSSR count). The first-order chi connectivity index (χ1) is 9.98. The topological polar surface area (TPSA) is 47.6 Å². The molecule has 0 aromatic carbocycles. The molecular formula is C17H33NO3Si. The van der Waals surface area contributed by atoms with Crippen LogP contribution in [0.15, 0.2) is 12.7 Å². The summed E-state index contributed by atoms with van der Waals surface area (Å²) in [6, 6.07) is 0. The molecule has 1 N–H and O–H groups in total. The normalized spacial score (nSPS) is 30.0. The van der Waals surface area contributed by atoms with E-state index in [9.17, 15) is 4.79 Å². The van der Waals surface area contributed by atoms with E-state index in [4.69, 9.17) is 9.16 Å². The molecule has 1 aliphatic heterocycles. The largest absolute Gasteiger partial charge is 0.411 e. The molecule has 0 bridgehead atoms. The lowest BCUT2D eigenvalue weighted by molar-refractivity contribution is -0.128. The molecule has 0 aromatic rings. The quantitative estimate of drug-likeness (QED) is 0.621. The molecule has 4 nitrogen and oxygen atoms in total. The molecule has 0 saturated carbocycles. The van der Waals surface area contributed by atoms with Crippen LogP contribution in [-0.2, 0) is 14.0 Å². The number of hydrogen-bond donors (Lipinski definition) is 1. The molecule has 4 atom stereocenters. The van der Waals surface area contributed by atoms with Crippen molar-refractivity contribution < 1.29 is 14.0 Å². The van der Waals surface area contributed by atoms with Crippen molar-refractivity contribution in [2.75, 3.05) is 6.54 Å². The van der Waals surface area contributed by atoms with E-state index in [2.05, 4.69) is 52.7 Å². The van der Waals surface area contributed by atoms with E-state index in [0.717, 1.165) is 6.42 Å². The van der Waals surface area contributed by atoms with E-state index in [1.54, 1.807) is 0 Å². The second-order valence-corrected chi connectivity index (χ2v) is 12.7. The fourth-order valence-corrected chi connectivity index (χ4v) is 3.83. The Bertz CT molecular complexity index is 403. The molecule has 1 amide bonds. The third-order valence-electron chi connectivity index (χ3n) is 4.95. The molecule has 128 valence electrons. The predicted octanol–water partition coefficient (Wildman–Crippen LogP) is 3.49. The second kappa shape index (κ2) is 7.28. The number of rotatable bonds is 5. The molecule has 0 unspecified atom stereocenters. The smallest absolute Gasteiger partial charge is 0.216 e. The Morgan fingerprint density at radius 1 is 1.45 bits per heavy atom. The summed E-state index contributed by atoms with van der Waals surface area (Å²) in [4.78, 5) is 11.2. The van der Waals surface area contributed by atoms with Crippen LogP contribution in [0.2, 0.25) is 18.1 Å². The minimum Gasteiger partial charge on any atom is -0.411 e. The zero-order chi connectivity index (χ0) is 17.1. The average molecular weight is 328 g/mol. The lowest BCUT2D eigenvalue weighted by atomic mass is 9.91. The Morgan fingerprint density at radius 2 is 2.05 bits per heavy atom. The highest BCUT2D eigenvalue weighted by Crippen LogP contribution is 2.40. The molecule has 1 heterocycles. The molecule has 1 aliphatic rings. The molecule has 0 aliphatic carbocycles. The molecule has 0 spiro atoms. The van der Waals surface area contributed by atoms with Crippen LogP contribution in [0.1, 0.15) is 41.0 Å². The van der Waals surface area contributed by atoms with Crippen LogP contribution in [0.5, 0.6) is 0 Å². The third-order valence-corrected chi connectivity index (χ3v) is 9.45. The van der Waals surface area contributed by atoms with Gasteiger partial charge in [-0.2, -0.15) is 0 Å². The molecule has 1 saturated heterocycles. The Morgan fingerprint density at radius 3 is 2.50 bits per heavy atom. The lowest BCUT2D eigenvalue weighted by Crippen LogP contribution is -2.54. The molecule has 22 heavy (non-hydrogen) atoms. The van der Waals surface area contributed by atoms with Crippen molar-refractivity contribution in [2.45, 2.75) is 77.5 Å². The average Bonchev–Trinajstić information content (AvgIpc) is 2.35. The first-order valence-electron chi connectivity index (χ1n) is 8.18. The molecule has 1 fully saturated rings. The van der Waals surface area contributed by atoms with Gasteiger partial charge in [-0.15, -0.1) is 6.58 Å². The highest BCUT2D eigenvalue weighted by atomic mass is 28.4. The maximum absolute atomic E-state index is 11.2. The number of nitrogens with one attached hydrogen (secondary N) is 1. The summed E-state index contributed by atoms with van der Waals surface area (Å²) in [7, 11) is -1.87. The van der Waals surface area contributed by atoms with E-state index in [1.807, 2.05) is 6.08 Å². The van der Waals surface area contributed by atoms with Crippen LogP contribution in [0, 0.1) is 5.92 Å². The van der Waals surface area contributed by atoms with Crippen LogP contribution < -0.4 is 5.32 Å². The standard InChI is InChI=1S/C17H33NO3Si/c1-9-14-12(2)10-15(16(20-14)11-18-13(3)19)21-22(7,8)17(4,5)6/h9,12,14-16H,1,10-11H2,2-8H3,(H,18,19)/t12-,14-,15-,16+/m0/s1. The Hall–Kier alpha value is -0.653. The van der Waals surface area contributed by atoms with E-state index < -0.39 is 8.32 Å². The minimum absolute atomic E-state index is 0.0259. The summed E-state index contributed by atoms with van der Waals surface area (Å²) in [6.45, 7) is 19.3.